The van der Waals surface area contributed by atoms with Gasteiger partial charge in [0.25, 0.3) is 0 Å². The van der Waals surface area contributed by atoms with Crippen molar-refractivity contribution in [3.8, 4) is 45.4 Å². The Bertz CT molecular complexity index is 3620. The molecule has 0 radical (unpaired) electrons. The summed E-state index contributed by atoms with van der Waals surface area (Å²) < 4.78 is 6.86. The number of rotatable bonds is 5. The SMILES string of the molecule is [C-]#[N+]c1ccc(-n2c3ccc(-c4ccc5c(c4)c4ccccc4n5-c4ccccc4)cc3c3cc(-c4ccc5c(c4)c4ccccc4n5-c4ccccc4)ccc32)c(C#N)c1. The highest BCUT2D eigenvalue weighted by Crippen LogP contribution is 2.41. The zero-order valence-corrected chi connectivity index (χ0v) is 32.8. The summed E-state index contributed by atoms with van der Waals surface area (Å²) in [4.78, 5) is 3.62. The molecule has 0 aliphatic rings. The molecule has 0 bridgehead atoms. The average molecular weight is 776 g/mol. The van der Waals surface area contributed by atoms with Crippen molar-refractivity contribution >= 4 is 71.1 Å². The summed E-state index contributed by atoms with van der Waals surface area (Å²) in [6.07, 6.45) is 0. The molecule has 0 spiro atoms. The molecule has 0 amide bonds. The number of nitriles is 1. The lowest BCUT2D eigenvalue weighted by Crippen LogP contribution is -1.97. The second-order valence-corrected chi connectivity index (χ2v) is 15.6. The molecule has 61 heavy (non-hydrogen) atoms. The molecule has 0 aliphatic carbocycles. The summed E-state index contributed by atoms with van der Waals surface area (Å²) in [6, 6.07) is 73.0. The van der Waals surface area contributed by atoms with Gasteiger partial charge in [0.1, 0.15) is 0 Å². The second-order valence-electron chi connectivity index (χ2n) is 15.6. The van der Waals surface area contributed by atoms with Crippen LogP contribution in [0.2, 0.25) is 0 Å². The van der Waals surface area contributed by atoms with Crippen molar-refractivity contribution in [2.24, 2.45) is 0 Å². The molecule has 3 heterocycles. The molecule has 0 saturated heterocycles. The average Bonchev–Trinajstić information content (AvgIpc) is 3.96. The Morgan fingerprint density at radius 1 is 0.361 bits per heavy atom. The quantitative estimate of drug-likeness (QED) is 0.161. The topological polar surface area (TPSA) is 42.9 Å². The minimum Gasteiger partial charge on any atom is -0.309 e. The van der Waals surface area contributed by atoms with Crippen LogP contribution in [0.4, 0.5) is 5.69 Å². The van der Waals surface area contributed by atoms with Crippen LogP contribution in [0, 0.1) is 17.9 Å². The second kappa shape index (κ2) is 13.5. The first-order chi connectivity index (χ1) is 30.2. The number of para-hydroxylation sites is 4. The minimum absolute atomic E-state index is 0.443. The van der Waals surface area contributed by atoms with Crippen molar-refractivity contribution in [1.29, 1.82) is 5.26 Å². The summed E-state index contributed by atoms with van der Waals surface area (Å²) >= 11 is 0. The number of nitrogens with zero attached hydrogens (tertiary/aromatic N) is 5. The monoisotopic (exact) mass is 775 g/mol. The highest BCUT2D eigenvalue weighted by Gasteiger charge is 2.19. The maximum atomic E-state index is 10.4. The molecule has 12 aromatic rings. The fraction of sp³-hybridized carbons (Fsp3) is 0. The van der Waals surface area contributed by atoms with E-state index < -0.39 is 0 Å². The van der Waals surface area contributed by atoms with Crippen LogP contribution in [0.1, 0.15) is 5.56 Å². The molecule has 5 heteroatoms. The highest BCUT2D eigenvalue weighted by atomic mass is 15.0. The van der Waals surface area contributed by atoms with Gasteiger partial charge in [0.15, 0.2) is 5.69 Å². The van der Waals surface area contributed by atoms with Gasteiger partial charge >= 0.3 is 0 Å². The molecule has 282 valence electrons. The summed E-state index contributed by atoms with van der Waals surface area (Å²) in [7, 11) is 0. The fourth-order valence-electron chi connectivity index (χ4n) is 9.54. The van der Waals surface area contributed by atoms with Crippen LogP contribution in [-0.2, 0) is 0 Å². The minimum atomic E-state index is 0.443. The molecule has 0 saturated carbocycles. The van der Waals surface area contributed by atoms with E-state index in [1.165, 1.54) is 32.6 Å². The van der Waals surface area contributed by atoms with E-state index in [0.29, 0.717) is 11.3 Å². The van der Waals surface area contributed by atoms with Crippen molar-refractivity contribution < 1.29 is 0 Å². The van der Waals surface area contributed by atoms with Gasteiger partial charge < -0.3 is 13.7 Å². The van der Waals surface area contributed by atoms with Gasteiger partial charge in [-0.1, -0.05) is 103 Å². The molecular formula is C56H33N5. The van der Waals surface area contributed by atoms with E-state index in [-0.39, 0.29) is 0 Å². The third kappa shape index (κ3) is 5.25. The third-order valence-corrected chi connectivity index (χ3v) is 12.3. The first-order valence-electron chi connectivity index (χ1n) is 20.3. The predicted molar refractivity (Wildman–Crippen MR) is 251 cm³/mol. The van der Waals surface area contributed by atoms with Crippen molar-refractivity contribution in [2.75, 3.05) is 0 Å². The fourth-order valence-corrected chi connectivity index (χ4v) is 9.54. The standard InChI is InChI=1S/C56H33N5/c1-58-41-24-29-50(40(30-41)35-57)61-55-27-22-38(36-20-25-53-46(31-36)44-16-8-10-18-51(44)59(53)42-12-4-2-5-13-42)33-48(55)49-34-39(23-28-56(49)61)37-21-26-54-47(32-37)45-17-9-11-19-52(45)60(54)43-14-6-3-7-15-43/h2-34H. The summed E-state index contributed by atoms with van der Waals surface area (Å²) in [5.74, 6) is 0. The smallest absolute Gasteiger partial charge is 0.188 e. The molecule has 3 aromatic heterocycles. The normalized spacial score (nSPS) is 11.6. The number of benzene rings is 9. The molecule has 9 aromatic carbocycles. The number of fused-ring (bicyclic) bond motifs is 9. The summed E-state index contributed by atoms with van der Waals surface area (Å²) in [6.45, 7) is 7.62. The zero-order chi connectivity index (χ0) is 40.6. The van der Waals surface area contributed by atoms with E-state index in [2.05, 4.69) is 207 Å². The Kier molecular flexibility index (Phi) is 7.59. The molecule has 0 N–H and O–H groups in total. The first kappa shape index (κ1) is 34.4. The van der Waals surface area contributed by atoms with Crippen LogP contribution in [0.5, 0.6) is 0 Å². The van der Waals surface area contributed by atoms with Crippen molar-refractivity contribution in [3.05, 3.63) is 217 Å². The molecule has 5 nitrogen and oxygen atoms in total. The van der Waals surface area contributed by atoms with E-state index in [1.54, 1.807) is 12.1 Å². The van der Waals surface area contributed by atoms with Crippen molar-refractivity contribution in [2.45, 2.75) is 0 Å². The van der Waals surface area contributed by atoms with E-state index in [0.717, 1.165) is 72.2 Å². The van der Waals surface area contributed by atoms with E-state index in [4.69, 9.17) is 6.57 Å². The van der Waals surface area contributed by atoms with Crippen LogP contribution in [0.3, 0.4) is 0 Å². The Labute approximate surface area is 351 Å². The van der Waals surface area contributed by atoms with Crippen LogP contribution in [-0.4, -0.2) is 13.7 Å². The molecule has 0 aliphatic heterocycles. The largest absolute Gasteiger partial charge is 0.309 e. The maximum Gasteiger partial charge on any atom is 0.188 e. The third-order valence-electron chi connectivity index (χ3n) is 12.3. The van der Waals surface area contributed by atoms with Crippen LogP contribution in [0.15, 0.2) is 200 Å². The zero-order valence-electron chi connectivity index (χ0n) is 32.8. The number of hydrogen-bond acceptors (Lipinski definition) is 1. The van der Waals surface area contributed by atoms with Gasteiger partial charge in [-0.25, -0.2) is 4.85 Å². The highest BCUT2D eigenvalue weighted by molar-refractivity contribution is 6.14. The van der Waals surface area contributed by atoms with Gasteiger partial charge in [0, 0.05) is 43.7 Å². The van der Waals surface area contributed by atoms with Gasteiger partial charge in [-0.3, -0.25) is 0 Å². The lowest BCUT2D eigenvalue weighted by Gasteiger charge is -2.11. The lowest BCUT2D eigenvalue weighted by molar-refractivity contribution is 1.17. The van der Waals surface area contributed by atoms with Crippen LogP contribution in [0.25, 0.3) is 110 Å². The predicted octanol–water partition coefficient (Wildman–Crippen LogP) is 14.7. The Morgan fingerprint density at radius 3 is 1.16 bits per heavy atom. The maximum absolute atomic E-state index is 10.4. The summed E-state index contributed by atoms with van der Waals surface area (Å²) in [5.41, 5.74) is 15.0. The Morgan fingerprint density at radius 2 is 0.738 bits per heavy atom. The molecule has 0 fully saturated rings. The van der Waals surface area contributed by atoms with Gasteiger partial charge in [0.05, 0.1) is 57.0 Å². The van der Waals surface area contributed by atoms with E-state index >= 15 is 0 Å². The van der Waals surface area contributed by atoms with Gasteiger partial charge in [-0.15, -0.1) is 0 Å². The van der Waals surface area contributed by atoms with Gasteiger partial charge in [-0.05, 0) is 119 Å². The lowest BCUT2D eigenvalue weighted by atomic mass is 9.98. The van der Waals surface area contributed by atoms with E-state index in [1.807, 2.05) is 6.07 Å². The van der Waals surface area contributed by atoms with Crippen molar-refractivity contribution in [1.82, 2.24) is 13.7 Å². The first-order valence-corrected chi connectivity index (χ1v) is 20.3. The van der Waals surface area contributed by atoms with Crippen LogP contribution < -0.4 is 0 Å². The number of aromatic nitrogens is 3. The summed E-state index contributed by atoms with van der Waals surface area (Å²) in [5, 5.41) is 17.4. The Hall–Kier alpha value is -8.64. The van der Waals surface area contributed by atoms with Gasteiger partial charge in [-0.2, -0.15) is 5.26 Å². The molecule has 12 rings (SSSR count). The van der Waals surface area contributed by atoms with E-state index in [9.17, 15) is 5.26 Å². The van der Waals surface area contributed by atoms with Gasteiger partial charge in [0.2, 0.25) is 0 Å². The Balaban J connectivity index is 1.07. The van der Waals surface area contributed by atoms with Crippen LogP contribution >= 0.6 is 0 Å². The molecule has 0 unspecified atom stereocenters. The number of hydrogen-bond donors (Lipinski definition) is 0. The molecular weight excluding hydrogens is 743 g/mol. The van der Waals surface area contributed by atoms with Crippen molar-refractivity contribution in [3.63, 3.8) is 0 Å². The molecule has 0 atom stereocenters.